The predicted octanol–water partition coefficient (Wildman–Crippen LogP) is 3.13. The number of aromatic hydroxyl groups is 1. The molecule has 1 aromatic carbocycles. The number of nitrogens with one attached hydrogen (secondary N) is 1. The molecule has 0 aliphatic rings. The van der Waals surface area contributed by atoms with Gasteiger partial charge in [0.2, 0.25) is 0 Å². The van der Waals surface area contributed by atoms with Crippen LogP contribution in [0.1, 0.15) is 22.5 Å². The molecular formula is C24H19N3O6. The Hall–Kier alpha value is -4.40. The third-order valence-electron chi connectivity index (χ3n) is 5.96. The highest BCUT2D eigenvalue weighted by atomic mass is 16.4. The highest BCUT2D eigenvalue weighted by Crippen LogP contribution is 2.37. The number of aromatic nitrogens is 3. The number of pyridine rings is 1. The summed E-state index contributed by atoms with van der Waals surface area (Å²) < 4.78 is 12.1. The Morgan fingerprint density at radius 3 is 2.55 bits per heavy atom. The number of hydrogen-bond donors (Lipinski definition) is 2. The molecule has 0 aliphatic carbocycles. The van der Waals surface area contributed by atoms with E-state index in [0.717, 1.165) is 5.56 Å². The van der Waals surface area contributed by atoms with Gasteiger partial charge < -0.3 is 13.9 Å². The van der Waals surface area contributed by atoms with Gasteiger partial charge in [-0.2, -0.15) is 0 Å². The molecule has 166 valence electrons. The number of aromatic amines is 1. The van der Waals surface area contributed by atoms with Crippen LogP contribution in [0.15, 0.2) is 59.8 Å². The second kappa shape index (κ2) is 7.33. The summed E-state index contributed by atoms with van der Waals surface area (Å²) in [5.41, 5.74) is 1.16. The highest BCUT2D eigenvalue weighted by Gasteiger charge is 2.19. The summed E-state index contributed by atoms with van der Waals surface area (Å²) in [5, 5.41) is 11.8. The van der Waals surface area contributed by atoms with E-state index in [2.05, 4.69) is 9.97 Å². The Labute approximate surface area is 185 Å². The molecule has 0 spiro atoms. The summed E-state index contributed by atoms with van der Waals surface area (Å²) in [6.07, 6.45) is 1.49. The summed E-state index contributed by atoms with van der Waals surface area (Å²) in [6, 6.07) is 8.26. The lowest BCUT2D eigenvalue weighted by atomic mass is 9.98. The summed E-state index contributed by atoms with van der Waals surface area (Å²) in [4.78, 5) is 43.9. The number of furan rings is 1. The van der Waals surface area contributed by atoms with Gasteiger partial charge >= 0.3 is 11.3 Å². The lowest BCUT2D eigenvalue weighted by molar-refractivity contribution is 0.469. The molecule has 4 aromatic heterocycles. The first kappa shape index (κ1) is 20.5. The van der Waals surface area contributed by atoms with Crippen molar-refractivity contribution in [3.8, 4) is 17.0 Å². The van der Waals surface area contributed by atoms with Crippen LogP contribution in [0.2, 0.25) is 0 Å². The molecule has 33 heavy (non-hydrogen) atoms. The maximum Gasteiger partial charge on any atom is 0.339 e. The molecule has 5 rings (SSSR count). The minimum atomic E-state index is -0.624. The molecule has 2 N–H and O–H groups in total. The van der Waals surface area contributed by atoms with E-state index < -0.39 is 16.9 Å². The molecule has 0 atom stereocenters. The molecular weight excluding hydrogens is 426 g/mol. The van der Waals surface area contributed by atoms with E-state index >= 15 is 0 Å². The van der Waals surface area contributed by atoms with Crippen LogP contribution in [-0.2, 0) is 6.54 Å². The van der Waals surface area contributed by atoms with E-state index in [1.54, 1.807) is 44.2 Å². The van der Waals surface area contributed by atoms with Gasteiger partial charge in [0, 0.05) is 22.1 Å². The van der Waals surface area contributed by atoms with E-state index in [1.807, 2.05) is 6.92 Å². The number of phenolic OH excluding ortho intramolecular Hbond substituents is 1. The SMILES string of the molecule is Cc1c(C)c2cc(-c3ccc4c(=O)[nH]c(=O)n(Cc5ccco5)c4n3)c(O)c(C)c2oc1=O. The van der Waals surface area contributed by atoms with Crippen molar-refractivity contribution in [1.29, 1.82) is 0 Å². The number of aryl methyl sites for hydroxylation is 2. The minimum absolute atomic E-state index is 0.0712. The molecule has 0 aliphatic heterocycles. The van der Waals surface area contributed by atoms with Crippen LogP contribution in [-0.4, -0.2) is 19.6 Å². The summed E-state index contributed by atoms with van der Waals surface area (Å²) in [7, 11) is 0. The largest absolute Gasteiger partial charge is 0.507 e. The molecule has 0 saturated carbocycles. The number of fused-ring (bicyclic) bond motifs is 2. The third kappa shape index (κ3) is 3.16. The molecule has 0 bridgehead atoms. The zero-order valence-electron chi connectivity index (χ0n) is 18.1. The Morgan fingerprint density at radius 2 is 1.82 bits per heavy atom. The van der Waals surface area contributed by atoms with Crippen molar-refractivity contribution in [1.82, 2.24) is 14.5 Å². The first-order valence-electron chi connectivity index (χ1n) is 10.2. The van der Waals surface area contributed by atoms with E-state index in [0.29, 0.717) is 39.1 Å². The highest BCUT2D eigenvalue weighted by molar-refractivity contribution is 5.92. The zero-order valence-corrected chi connectivity index (χ0v) is 18.1. The number of H-pyrrole nitrogens is 1. The number of rotatable bonds is 3. The minimum Gasteiger partial charge on any atom is -0.507 e. The Kier molecular flexibility index (Phi) is 4.56. The Balaban J connectivity index is 1.81. The van der Waals surface area contributed by atoms with Crippen molar-refractivity contribution in [2.45, 2.75) is 27.3 Å². The molecule has 9 heteroatoms. The van der Waals surface area contributed by atoms with E-state index in [9.17, 15) is 19.5 Å². The second-order valence-corrected chi connectivity index (χ2v) is 7.91. The number of hydrogen-bond acceptors (Lipinski definition) is 7. The van der Waals surface area contributed by atoms with Crippen molar-refractivity contribution < 1.29 is 13.9 Å². The normalized spacial score (nSPS) is 11.5. The van der Waals surface area contributed by atoms with E-state index in [-0.39, 0.29) is 23.3 Å². The average molecular weight is 445 g/mol. The van der Waals surface area contributed by atoms with Gasteiger partial charge in [-0.15, -0.1) is 0 Å². The van der Waals surface area contributed by atoms with Crippen LogP contribution in [0.4, 0.5) is 0 Å². The van der Waals surface area contributed by atoms with Crippen LogP contribution < -0.4 is 16.9 Å². The first-order chi connectivity index (χ1) is 15.8. The van der Waals surface area contributed by atoms with Gasteiger partial charge in [-0.25, -0.2) is 14.6 Å². The maximum absolute atomic E-state index is 12.6. The van der Waals surface area contributed by atoms with Crippen molar-refractivity contribution in [3.63, 3.8) is 0 Å². The van der Waals surface area contributed by atoms with Gasteiger partial charge in [-0.05, 0) is 56.7 Å². The molecule has 0 amide bonds. The fourth-order valence-electron chi connectivity index (χ4n) is 3.93. The molecule has 5 aromatic rings. The van der Waals surface area contributed by atoms with Gasteiger partial charge in [0.05, 0.1) is 23.9 Å². The second-order valence-electron chi connectivity index (χ2n) is 7.91. The fourth-order valence-corrected chi connectivity index (χ4v) is 3.93. The van der Waals surface area contributed by atoms with Crippen molar-refractivity contribution in [2.24, 2.45) is 0 Å². The molecule has 0 fully saturated rings. The smallest absolute Gasteiger partial charge is 0.339 e. The third-order valence-corrected chi connectivity index (χ3v) is 5.96. The summed E-state index contributed by atoms with van der Waals surface area (Å²) in [6.45, 7) is 5.21. The molecule has 9 nitrogen and oxygen atoms in total. The lowest BCUT2D eigenvalue weighted by Gasteiger charge is -2.13. The lowest BCUT2D eigenvalue weighted by Crippen LogP contribution is -2.31. The van der Waals surface area contributed by atoms with Crippen LogP contribution >= 0.6 is 0 Å². The number of phenols is 1. The van der Waals surface area contributed by atoms with E-state index in [4.69, 9.17) is 8.83 Å². The van der Waals surface area contributed by atoms with Crippen LogP contribution in [0, 0.1) is 20.8 Å². The van der Waals surface area contributed by atoms with Crippen molar-refractivity contribution in [3.05, 3.63) is 90.3 Å². The van der Waals surface area contributed by atoms with Gasteiger partial charge in [0.1, 0.15) is 17.1 Å². The maximum atomic E-state index is 12.6. The van der Waals surface area contributed by atoms with Crippen molar-refractivity contribution >= 4 is 22.0 Å². The molecule has 0 saturated heterocycles. The van der Waals surface area contributed by atoms with Gasteiger partial charge in [-0.1, -0.05) is 0 Å². The van der Waals surface area contributed by atoms with Crippen molar-refractivity contribution in [2.75, 3.05) is 0 Å². The number of nitrogens with zero attached hydrogens (tertiary/aromatic N) is 2. The monoisotopic (exact) mass is 445 g/mol. The van der Waals surface area contributed by atoms with Crippen LogP contribution in [0.5, 0.6) is 5.75 Å². The Bertz CT molecular complexity index is 1740. The molecule has 0 radical (unpaired) electrons. The molecule has 0 unspecified atom stereocenters. The summed E-state index contributed by atoms with van der Waals surface area (Å²) in [5.74, 6) is 0.411. The van der Waals surface area contributed by atoms with E-state index in [1.165, 1.54) is 10.8 Å². The standard InChI is InChI=1S/C24H19N3O6/c1-11-12(2)23(30)33-20-13(3)19(28)17(9-16(11)20)18-7-6-15-21(25-18)27(24(31)26-22(15)29)10-14-5-4-8-32-14/h4-9,28H,10H2,1-3H3,(H,26,29,31). The van der Waals surface area contributed by atoms with Gasteiger partial charge in [-0.3, -0.25) is 14.3 Å². The van der Waals surface area contributed by atoms with Gasteiger partial charge in [0.15, 0.2) is 5.65 Å². The topological polar surface area (TPSA) is 131 Å². The van der Waals surface area contributed by atoms with Crippen LogP contribution in [0.25, 0.3) is 33.3 Å². The number of benzene rings is 1. The predicted molar refractivity (Wildman–Crippen MR) is 122 cm³/mol. The quantitative estimate of drug-likeness (QED) is 0.408. The zero-order chi connectivity index (χ0) is 23.4. The summed E-state index contributed by atoms with van der Waals surface area (Å²) >= 11 is 0. The average Bonchev–Trinajstić information content (AvgIpc) is 3.31. The molecule has 4 heterocycles. The fraction of sp³-hybridized carbons (Fsp3) is 0.167. The van der Waals surface area contributed by atoms with Gasteiger partial charge in [0.25, 0.3) is 5.56 Å². The first-order valence-corrected chi connectivity index (χ1v) is 10.2. The van der Waals surface area contributed by atoms with Crippen LogP contribution in [0.3, 0.4) is 0 Å². The Morgan fingerprint density at radius 1 is 1.03 bits per heavy atom.